The van der Waals surface area contributed by atoms with Crippen LogP contribution in [0.15, 0.2) is 18.2 Å². The van der Waals surface area contributed by atoms with E-state index in [0.717, 1.165) is 13.0 Å². The van der Waals surface area contributed by atoms with E-state index in [9.17, 15) is 8.78 Å². The lowest BCUT2D eigenvalue weighted by molar-refractivity contribution is -0.286. The van der Waals surface area contributed by atoms with Gasteiger partial charge in [-0.15, -0.1) is 8.78 Å². The molecule has 1 aliphatic rings. The maximum Gasteiger partial charge on any atom is 0.586 e. The second-order valence-electron chi connectivity index (χ2n) is 3.87. The maximum atomic E-state index is 12.8. The fourth-order valence-electron chi connectivity index (χ4n) is 1.57. The van der Waals surface area contributed by atoms with E-state index < -0.39 is 6.29 Å². The summed E-state index contributed by atoms with van der Waals surface area (Å²) < 4.78 is 39.5. The first-order valence-electron chi connectivity index (χ1n) is 5.82. The highest BCUT2D eigenvalue weighted by molar-refractivity contribution is 5.55. The molecule has 0 fully saturated rings. The second kappa shape index (κ2) is 5.39. The largest absolute Gasteiger partial charge is 0.586 e. The van der Waals surface area contributed by atoms with Gasteiger partial charge >= 0.3 is 6.29 Å². The minimum atomic E-state index is -3.56. The fourth-order valence-corrected chi connectivity index (χ4v) is 1.57. The monoisotopic (exact) mass is 259 g/mol. The van der Waals surface area contributed by atoms with Gasteiger partial charge in [0, 0.05) is 24.9 Å². The molecule has 6 heteroatoms. The molecule has 18 heavy (non-hydrogen) atoms. The van der Waals surface area contributed by atoms with Gasteiger partial charge in [-0.3, -0.25) is 0 Å². The highest BCUT2D eigenvalue weighted by Crippen LogP contribution is 2.42. The maximum absolute atomic E-state index is 12.8. The number of rotatable bonds is 6. The van der Waals surface area contributed by atoms with Crippen molar-refractivity contribution in [3.63, 3.8) is 0 Å². The second-order valence-corrected chi connectivity index (χ2v) is 3.87. The van der Waals surface area contributed by atoms with Crippen molar-refractivity contribution in [1.82, 2.24) is 0 Å². The first-order valence-corrected chi connectivity index (χ1v) is 5.82. The smallest absolute Gasteiger partial charge is 0.395 e. The van der Waals surface area contributed by atoms with E-state index >= 15 is 0 Å². The molecule has 0 radical (unpaired) electrons. The number of alkyl halides is 2. The highest BCUT2D eigenvalue weighted by Gasteiger charge is 2.43. The molecule has 0 aromatic heterocycles. The minimum Gasteiger partial charge on any atom is -0.395 e. The van der Waals surface area contributed by atoms with Crippen LogP contribution < -0.4 is 14.8 Å². The Labute approximate surface area is 104 Å². The van der Waals surface area contributed by atoms with Gasteiger partial charge in [0.05, 0.1) is 6.61 Å². The van der Waals surface area contributed by atoms with Gasteiger partial charge in [0.1, 0.15) is 0 Å². The summed E-state index contributed by atoms with van der Waals surface area (Å²) in [5.41, 5.74) is 0.690. The fraction of sp³-hybridized carbons (Fsp3) is 0.500. The van der Waals surface area contributed by atoms with E-state index in [4.69, 9.17) is 4.74 Å². The van der Waals surface area contributed by atoms with Crippen LogP contribution in [0.2, 0.25) is 0 Å². The number of hydrogen-bond acceptors (Lipinski definition) is 4. The molecule has 0 saturated carbocycles. The van der Waals surface area contributed by atoms with Crippen molar-refractivity contribution in [1.29, 1.82) is 0 Å². The van der Waals surface area contributed by atoms with Gasteiger partial charge in [-0.2, -0.15) is 0 Å². The number of benzene rings is 1. The van der Waals surface area contributed by atoms with E-state index in [1.807, 2.05) is 6.92 Å². The first kappa shape index (κ1) is 12.9. The third kappa shape index (κ3) is 3.22. The summed E-state index contributed by atoms with van der Waals surface area (Å²) in [7, 11) is 0. The van der Waals surface area contributed by atoms with Crippen molar-refractivity contribution in [2.45, 2.75) is 19.6 Å². The molecule has 4 nitrogen and oxygen atoms in total. The van der Waals surface area contributed by atoms with Crippen LogP contribution in [-0.4, -0.2) is 26.1 Å². The van der Waals surface area contributed by atoms with Crippen LogP contribution in [0.25, 0.3) is 0 Å². The standard InChI is InChI=1S/C12H15F2NO3/c1-2-6-16-7-5-15-9-3-4-10-11(8-9)18-12(13,14)17-10/h3-4,8,15H,2,5-7H2,1H3. The van der Waals surface area contributed by atoms with E-state index in [-0.39, 0.29) is 11.5 Å². The molecule has 100 valence electrons. The van der Waals surface area contributed by atoms with Crippen molar-refractivity contribution in [3.05, 3.63) is 18.2 Å². The Morgan fingerprint density at radius 3 is 2.78 bits per heavy atom. The number of ether oxygens (including phenoxy) is 3. The molecule has 0 aliphatic carbocycles. The Kier molecular flexibility index (Phi) is 3.86. The Hall–Kier alpha value is -1.56. The lowest BCUT2D eigenvalue weighted by Gasteiger charge is -2.07. The summed E-state index contributed by atoms with van der Waals surface area (Å²) in [4.78, 5) is 0. The molecular formula is C12H15F2NO3. The van der Waals surface area contributed by atoms with Gasteiger partial charge < -0.3 is 19.5 Å². The third-order valence-corrected chi connectivity index (χ3v) is 2.33. The number of nitrogens with one attached hydrogen (secondary N) is 1. The molecule has 0 bridgehead atoms. The van der Waals surface area contributed by atoms with Gasteiger partial charge in [0.25, 0.3) is 0 Å². The quantitative estimate of drug-likeness (QED) is 0.797. The molecule has 0 atom stereocenters. The Morgan fingerprint density at radius 1 is 1.22 bits per heavy atom. The van der Waals surface area contributed by atoms with Crippen molar-refractivity contribution >= 4 is 5.69 Å². The van der Waals surface area contributed by atoms with Crippen molar-refractivity contribution in [2.75, 3.05) is 25.1 Å². The molecule has 2 rings (SSSR count). The highest BCUT2D eigenvalue weighted by atomic mass is 19.3. The van der Waals surface area contributed by atoms with E-state index in [1.165, 1.54) is 12.1 Å². The van der Waals surface area contributed by atoms with E-state index in [2.05, 4.69) is 14.8 Å². The molecule has 0 amide bonds. The molecule has 1 aromatic carbocycles. The van der Waals surface area contributed by atoms with Gasteiger partial charge in [-0.05, 0) is 18.6 Å². The molecule has 1 N–H and O–H groups in total. The first-order chi connectivity index (χ1) is 8.61. The van der Waals surface area contributed by atoms with Crippen molar-refractivity contribution in [2.24, 2.45) is 0 Å². The summed E-state index contributed by atoms with van der Waals surface area (Å²) in [6, 6.07) is 4.59. The normalized spacial score (nSPS) is 15.7. The van der Waals surface area contributed by atoms with Gasteiger partial charge in [-0.1, -0.05) is 6.92 Å². The Bertz CT molecular complexity index is 412. The average molecular weight is 259 g/mol. The zero-order chi connectivity index (χ0) is 13.0. The zero-order valence-electron chi connectivity index (χ0n) is 10.0. The summed E-state index contributed by atoms with van der Waals surface area (Å²) >= 11 is 0. The molecular weight excluding hydrogens is 244 g/mol. The van der Waals surface area contributed by atoms with Crippen LogP contribution in [0.1, 0.15) is 13.3 Å². The van der Waals surface area contributed by atoms with E-state index in [1.54, 1.807) is 6.07 Å². The lowest BCUT2D eigenvalue weighted by atomic mass is 10.3. The predicted octanol–water partition coefficient (Wildman–Crippen LogP) is 2.85. The third-order valence-electron chi connectivity index (χ3n) is 2.33. The summed E-state index contributed by atoms with van der Waals surface area (Å²) in [6.07, 6.45) is -2.59. The molecule has 0 unspecified atom stereocenters. The SMILES string of the molecule is CCCOCCNc1ccc2c(c1)OC(F)(F)O2. The van der Waals surface area contributed by atoms with Gasteiger partial charge in [0.2, 0.25) is 0 Å². The van der Waals surface area contributed by atoms with Crippen LogP contribution in [0.3, 0.4) is 0 Å². The zero-order valence-corrected chi connectivity index (χ0v) is 10.0. The number of fused-ring (bicyclic) bond motifs is 1. The lowest BCUT2D eigenvalue weighted by Crippen LogP contribution is -2.25. The van der Waals surface area contributed by atoms with Crippen LogP contribution in [0.4, 0.5) is 14.5 Å². The molecule has 1 aromatic rings. The Balaban J connectivity index is 1.85. The van der Waals surface area contributed by atoms with Gasteiger partial charge in [0.15, 0.2) is 11.5 Å². The predicted molar refractivity (Wildman–Crippen MR) is 62.2 cm³/mol. The summed E-state index contributed by atoms with van der Waals surface area (Å²) in [6.45, 7) is 3.93. The van der Waals surface area contributed by atoms with Crippen LogP contribution in [0.5, 0.6) is 11.5 Å². The Morgan fingerprint density at radius 2 is 2.00 bits per heavy atom. The van der Waals surface area contributed by atoms with Crippen LogP contribution >= 0.6 is 0 Å². The molecule has 1 heterocycles. The average Bonchev–Trinajstić information content (AvgIpc) is 2.62. The van der Waals surface area contributed by atoms with Crippen molar-refractivity contribution < 1.29 is 23.0 Å². The summed E-state index contributed by atoms with van der Waals surface area (Å²) in [5, 5.41) is 3.06. The topological polar surface area (TPSA) is 39.7 Å². The number of hydrogen-bond donors (Lipinski definition) is 1. The molecule has 0 spiro atoms. The molecule has 1 aliphatic heterocycles. The minimum absolute atomic E-state index is 0.0412. The van der Waals surface area contributed by atoms with Crippen molar-refractivity contribution in [3.8, 4) is 11.5 Å². The number of halogens is 2. The van der Waals surface area contributed by atoms with Gasteiger partial charge in [-0.25, -0.2) is 0 Å². The van der Waals surface area contributed by atoms with Crippen LogP contribution in [-0.2, 0) is 4.74 Å². The molecule has 0 saturated heterocycles. The van der Waals surface area contributed by atoms with Crippen LogP contribution in [0, 0.1) is 0 Å². The van der Waals surface area contributed by atoms with E-state index in [0.29, 0.717) is 18.8 Å². The summed E-state index contributed by atoms with van der Waals surface area (Å²) in [5.74, 6) is 0.0901. The number of anilines is 1.